The Kier molecular flexibility index (Phi) is 4.40. The van der Waals surface area contributed by atoms with Crippen molar-refractivity contribution in [3.63, 3.8) is 0 Å². The van der Waals surface area contributed by atoms with Gasteiger partial charge in [-0.25, -0.2) is 18.4 Å². The largest absolute Gasteiger partial charge is 0.294 e. The summed E-state index contributed by atoms with van der Waals surface area (Å²) in [4.78, 5) is 10.5. The summed E-state index contributed by atoms with van der Waals surface area (Å²) in [6.07, 6.45) is 3.47. The van der Waals surface area contributed by atoms with Crippen LogP contribution in [0.5, 0.6) is 0 Å². The minimum absolute atomic E-state index is 0.0911. The molecular formula is C16H18ClN3O2S. The highest BCUT2D eigenvalue weighted by molar-refractivity contribution is 7.90. The first-order valence-electron chi connectivity index (χ1n) is 7.36. The maximum Gasteiger partial charge on any atom is 0.246 e. The van der Waals surface area contributed by atoms with Crippen LogP contribution >= 0.6 is 11.6 Å². The van der Waals surface area contributed by atoms with E-state index in [0.717, 1.165) is 41.2 Å². The van der Waals surface area contributed by atoms with Crippen LogP contribution in [-0.2, 0) is 29.3 Å². The lowest BCUT2D eigenvalue weighted by Crippen LogP contribution is -2.31. The van der Waals surface area contributed by atoms with E-state index in [1.54, 1.807) is 6.20 Å². The van der Waals surface area contributed by atoms with Crippen LogP contribution in [0.3, 0.4) is 0 Å². The van der Waals surface area contributed by atoms with Crippen molar-refractivity contribution in [2.45, 2.75) is 31.6 Å². The van der Waals surface area contributed by atoms with Gasteiger partial charge in [-0.3, -0.25) is 4.90 Å². The predicted octanol–water partition coefficient (Wildman–Crippen LogP) is 2.40. The second-order valence-electron chi connectivity index (χ2n) is 5.89. The molecule has 7 heteroatoms. The molecule has 2 heterocycles. The number of aryl methyl sites for hydroxylation is 1. The second kappa shape index (κ2) is 6.19. The molecule has 0 spiro atoms. The third-order valence-corrected chi connectivity index (χ3v) is 5.27. The average Bonchev–Trinajstić information content (AvgIpc) is 2.49. The molecular weight excluding hydrogens is 334 g/mol. The standard InChI is InChI=1S/C16H18ClN3O2S/c1-11-4-3-5-14(17)13(11)10-20-7-6-15-12(9-20)8-18-16(19-15)23(2,21)22/h3-5,8H,6-7,9-10H2,1-2H3. The highest BCUT2D eigenvalue weighted by atomic mass is 35.5. The van der Waals surface area contributed by atoms with Crippen LogP contribution in [0, 0.1) is 6.92 Å². The molecule has 0 saturated carbocycles. The molecule has 2 aromatic rings. The van der Waals surface area contributed by atoms with Gasteiger partial charge in [0.15, 0.2) is 0 Å². The first-order valence-corrected chi connectivity index (χ1v) is 9.63. The highest BCUT2D eigenvalue weighted by Gasteiger charge is 2.21. The van der Waals surface area contributed by atoms with Gasteiger partial charge in [-0.2, -0.15) is 0 Å². The molecule has 0 amide bonds. The smallest absolute Gasteiger partial charge is 0.246 e. The molecule has 0 N–H and O–H groups in total. The molecule has 0 atom stereocenters. The fraction of sp³-hybridized carbons (Fsp3) is 0.375. The molecule has 1 aromatic carbocycles. The van der Waals surface area contributed by atoms with Gasteiger partial charge in [0.25, 0.3) is 0 Å². The first kappa shape index (κ1) is 16.4. The summed E-state index contributed by atoms with van der Waals surface area (Å²) in [5.41, 5.74) is 4.11. The molecule has 3 rings (SSSR count). The van der Waals surface area contributed by atoms with Gasteiger partial charge in [0.05, 0.1) is 5.69 Å². The van der Waals surface area contributed by atoms with E-state index in [9.17, 15) is 8.42 Å². The van der Waals surface area contributed by atoms with E-state index in [1.165, 1.54) is 5.56 Å². The molecule has 1 aliphatic heterocycles. The number of nitrogens with zero attached hydrogens (tertiary/aromatic N) is 3. The molecule has 1 aromatic heterocycles. The zero-order chi connectivity index (χ0) is 16.6. The van der Waals surface area contributed by atoms with E-state index in [-0.39, 0.29) is 5.16 Å². The van der Waals surface area contributed by atoms with Gasteiger partial charge in [0, 0.05) is 49.1 Å². The monoisotopic (exact) mass is 351 g/mol. The van der Waals surface area contributed by atoms with Gasteiger partial charge in [0.1, 0.15) is 0 Å². The Balaban J connectivity index is 1.81. The van der Waals surface area contributed by atoms with E-state index in [2.05, 4.69) is 27.9 Å². The van der Waals surface area contributed by atoms with E-state index >= 15 is 0 Å². The Hall–Kier alpha value is -1.50. The van der Waals surface area contributed by atoms with Crippen molar-refractivity contribution in [1.82, 2.24) is 14.9 Å². The lowest BCUT2D eigenvalue weighted by Gasteiger charge is -2.28. The summed E-state index contributed by atoms with van der Waals surface area (Å²) in [7, 11) is -3.36. The molecule has 0 saturated heterocycles. The molecule has 0 radical (unpaired) electrons. The van der Waals surface area contributed by atoms with Crippen molar-refractivity contribution in [1.29, 1.82) is 0 Å². The number of benzene rings is 1. The lowest BCUT2D eigenvalue weighted by atomic mass is 10.0. The zero-order valence-electron chi connectivity index (χ0n) is 13.1. The Morgan fingerprint density at radius 3 is 2.83 bits per heavy atom. The van der Waals surface area contributed by atoms with Gasteiger partial charge in [0.2, 0.25) is 15.0 Å². The summed E-state index contributed by atoms with van der Waals surface area (Å²) in [5, 5.41) is 0.686. The number of hydrogen-bond acceptors (Lipinski definition) is 5. The van der Waals surface area contributed by atoms with Gasteiger partial charge in [-0.15, -0.1) is 0 Å². The van der Waals surface area contributed by atoms with Crippen LogP contribution in [0.25, 0.3) is 0 Å². The first-order chi connectivity index (χ1) is 10.8. The minimum Gasteiger partial charge on any atom is -0.294 e. The average molecular weight is 352 g/mol. The number of rotatable bonds is 3. The van der Waals surface area contributed by atoms with E-state index in [1.807, 2.05) is 12.1 Å². The van der Waals surface area contributed by atoms with Crippen molar-refractivity contribution >= 4 is 21.4 Å². The summed E-state index contributed by atoms with van der Waals surface area (Å²) >= 11 is 6.30. The van der Waals surface area contributed by atoms with Crippen molar-refractivity contribution in [2.75, 3.05) is 12.8 Å². The maximum atomic E-state index is 11.5. The third-order valence-electron chi connectivity index (χ3n) is 4.06. The lowest BCUT2D eigenvalue weighted by molar-refractivity contribution is 0.241. The minimum atomic E-state index is -3.36. The maximum absolute atomic E-state index is 11.5. The molecule has 5 nitrogen and oxygen atoms in total. The van der Waals surface area contributed by atoms with Crippen LogP contribution in [0.4, 0.5) is 0 Å². The predicted molar refractivity (Wildman–Crippen MR) is 89.1 cm³/mol. The van der Waals surface area contributed by atoms with Gasteiger partial charge >= 0.3 is 0 Å². The molecule has 23 heavy (non-hydrogen) atoms. The Labute approximate surface area is 141 Å². The summed E-state index contributed by atoms with van der Waals surface area (Å²) in [6, 6.07) is 5.91. The van der Waals surface area contributed by atoms with Crippen molar-refractivity contribution in [3.05, 3.63) is 51.8 Å². The normalized spacial score (nSPS) is 15.4. The van der Waals surface area contributed by atoms with Crippen molar-refractivity contribution < 1.29 is 8.42 Å². The topological polar surface area (TPSA) is 63.2 Å². The number of hydrogen-bond donors (Lipinski definition) is 0. The number of halogens is 1. The third kappa shape index (κ3) is 3.54. The Morgan fingerprint density at radius 1 is 1.35 bits per heavy atom. The van der Waals surface area contributed by atoms with Crippen LogP contribution in [0.2, 0.25) is 5.02 Å². The van der Waals surface area contributed by atoms with Crippen LogP contribution < -0.4 is 0 Å². The van der Waals surface area contributed by atoms with Crippen LogP contribution in [0.15, 0.2) is 29.6 Å². The second-order valence-corrected chi connectivity index (χ2v) is 8.21. The quantitative estimate of drug-likeness (QED) is 0.794. The SMILES string of the molecule is Cc1cccc(Cl)c1CN1CCc2nc(S(C)(=O)=O)ncc2C1. The molecule has 1 aliphatic rings. The fourth-order valence-corrected chi connectivity index (χ4v) is 3.56. The molecule has 0 unspecified atom stereocenters. The molecule has 0 aliphatic carbocycles. The molecule has 122 valence electrons. The zero-order valence-corrected chi connectivity index (χ0v) is 14.7. The Bertz CT molecular complexity index is 832. The number of fused-ring (bicyclic) bond motifs is 1. The van der Waals surface area contributed by atoms with Gasteiger partial charge in [-0.05, 0) is 24.1 Å². The van der Waals surface area contributed by atoms with Gasteiger partial charge in [-0.1, -0.05) is 23.7 Å². The van der Waals surface area contributed by atoms with Crippen LogP contribution in [-0.4, -0.2) is 36.1 Å². The number of aromatic nitrogens is 2. The molecule has 0 bridgehead atoms. The summed E-state index contributed by atoms with van der Waals surface area (Å²) in [5.74, 6) is 0. The van der Waals surface area contributed by atoms with Gasteiger partial charge < -0.3 is 0 Å². The van der Waals surface area contributed by atoms with Crippen LogP contribution in [0.1, 0.15) is 22.4 Å². The van der Waals surface area contributed by atoms with Crippen molar-refractivity contribution in [3.8, 4) is 0 Å². The fourth-order valence-electron chi connectivity index (χ4n) is 2.76. The summed E-state index contributed by atoms with van der Waals surface area (Å²) in [6.45, 7) is 4.33. The Morgan fingerprint density at radius 2 is 2.13 bits per heavy atom. The summed E-state index contributed by atoms with van der Waals surface area (Å²) < 4.78 is 23.1. The molecule has 0 fully saturated rings. The highest BCUT2D eigenvalue weighted by Crippen LogP contribution is 2.24. The van der Waals surface area contributed by atoms with Crippen molar-refractivity contribution in [2.24, 2.45) is 0 Å². The van der Waals surface area contributed by atoms with E-state index in [0.29, 0.717) is 13.0 Å². The van der Waals surface area contributed by atoms with E-state index < -0.39 is 9.84 Å². The number of sulfone groups is 1. The van der Waals surface area contributed by atoms with E-state index in [4.69, 9.17) is 11.6 Å².